The highest BCUT2D eigenvalue weighted by Gasteiger charge is 2.11. The maximum atomic E-state index is 6.05. The van der Waals surface area contributed by atoms with Crippen molar-refractivity contribution < 1.29 is 4.42 Å². The van der Waals surface area contributed by atoms with Crippen molar-refractivity contribution in [2.75, 3.05) is 0 Å². The van der Waals surface area contributed by atoms with Crippen LogP contribution in [0.1, 0.15) is 5.76 Å². The third kappa shape index (κ3) is 2.15. The minimum Gasteiger partial charge on any atom is -0.469 e. The highest BCUT2D eigenvalue weighted by Crippen LogP contribution is 2.37. The van der Waals surface area contributed by atoms with Gasteiger partial charge in [-0.1, -0.05) is 34.8 Å². The molecular formula is C11H6Cl3O. The van der Waals surface area contributed by atoms with Gasteiger partial charge in [0.2, 0.25) is 0 Å². The van der Waals surface area contributed by atoms with Gasteiger partial charge in [0, 0.05) is 23.1 Å². The van der Waals surface area contributed by atoms with Crippen LogP contribution >= 0.6 is 34.8 Å². The van der Waals surface area contributed by atoms with Gasteiger partial charge in [0.1, 0.15) is 5.76 Å². The second kappa shape index (κ2) is 4.09. The molecule has 0 unspecified atom stereocenters. The van der Waals surface area contributed by atoms with Gasteiger partial charge in [-0.2, -0.15) is 0 Å². The third-order valence-corrected chi connectivity index (χ3v) is 2.76. The quantitative estimate of drug-likeness (QED) is 0.696. The number of benzene rings is 1. The van der Waals surface area contributed by atoms with Crippen LogP contribution in [-0.4, -0.2) is 0 Å². The van der Waals surface area contributed by atoms with Gasteiger partial charge in [-0.25, -0.2) is 0 Å². The molecule has 0 saturated heterocycles. The van der Waals surface area contributed by atoms with Crippen molar-refractivity contribution in [2.24, 2.45) is 0 Å². The third-order valence-electron chi connectivity index (χ3n) is 1.95. The fourth-order valence-corrected chi connectivity index (χ4v) is 2.36. The van der Waals surface area contributed by atoms with E-state index in [-0.39, 0.29) is 0 Å². The second-order valence-corrected chi connectivity index (χ2v) is 4.30. The summed E-state index contributed by atoms with van der Waals surface area (Å²) in [5.41, 5.74) is 1.51. The fraction of sp³-hybridized carbons (Fsp3) is 0. The van der Waals surface area contributed by atoms with E-state index in [9.17, 15) is 0 Å². The van der Waals surface area contributed by atoms with E-state index in [1.807, 2.05) is 0 Å². The maximum absolute atomic E-state index is 6.05. The average molecular weight is 261 g/mol. The molecule has 0 saturated carbocycles. The molecule has 4 heteroatoms. The molecule has 15 heavy (non-hydrogen) atoms. The molecule has 1 heterocycles. The molecule has 1 nitrogen and oxygen atoms in total. The van der Waals surface area contributed by atoms with Gasteiger partial charge in [-0.3, -0.25) is 0 Å². The van der Waals surface area contributed by atoms with Crippen LogP contribution in [-0.2, 0) is 0 Å². The molecule has 0 amide bonds. The molecule has 0 spiro atoms. The van der Waals surface area contributed by atoms with E-state index in [4.69, 9.17) is 39.2 Å². The van der Waals surface area contributed by atoms with E-state index in [0.717, 1.165) is 5.56 Å². The standard InChI is InChI=1S/C11H6Cl3O/c1-6-2-7(5-15-6)11-9(13)3-8(12)4-10(11)14/h2-5H,1H2. The number of hydrogen-bond donors (Lipinski definition) is 0. The molecule has 0 fully saturated rings. The van der Waals surface area contributed by atoms with Gasteiger partial charge in [-0.05, 0) is 18.2 Å². The first-order valence-electron chi connectivity index (χ1n) is 4.13. The summed E-state index contributed by atoms with van der Waals surface area (Å²) in [5, 5.41) is 1.49. The Morgan fingerprint density at radius 1 is 1.00 bits per heavy atom. The molecule has 2 aromatic rings. The molecular weight excluding hydrogens is 254 g/mol. The van der Waals surface area contributed by atoms with E-state index in [2.05, 4.69) is 6.92 Å². The predicted octanol–water partition coefficient (Wildman–Crippen LogP) is 5.09. The summed E-state index contributed by atoms with van der Waals surface area (Å²) >= 11 is 17.9. The van der Waals surface area contributed by atoms with Gasteiger partial charge in [-0.15, -0.1) is 0 Å². The Bertz CT molecular complexity index is 479. The smallest absolute Gasteiger partial charge is 0.104 e. The van der Waals surface area contributed by atoms with Gasteiger partial charge < -0.3 is 4.42 Å². The molecule has 0 aliphatic rings. The molecule has 0 aliphatic heterocycles. The molecule has 2 rings (SSSR count). The fourth-order valence-electron chi connectivity index (χ4n) is 1.33. The Balaban J connectivity index is 2.62. The van der Waals surface area contributed by atoms with Crippen molar-refractivity contribution in [3.8, 4) is 11.1 Å². The number of furan rings is 1. The van der Waals surface area contributed by atoms with Gasteiger partial charge in [0.15, 0.2) is 0 Å². The zero-order valence-electron chi connectivity index (χ0n) is 7.56. The van der Waals surface area contributed by atoms with E-state index in [1.165, 1.54) is 0 Å². The van der Waals surface area contributed by atoms with Crippen LogP contribution in [0.5, 0.6) is 0 Å². The lowest BCUT2D eigenvalue weighted by atomic mass is 10.1. The van der Waals surface area contributed by atoms with Crippen molar-refractivity contribution in [3.63, 3.8) is 0 Å². The summed E-state index contributed by atoms with van der Waals surface area (Å²) in [4.78, 5) is 0. The lowest BCUT2D eigenvalue weighted by Gasteiger charge is -2.04. The first kappa shape index (κ1) is 10.9. The Morgan fingerprint density at radius 2 is 1.60 bits per heavy atom. The largest absolute Gasteiger partial charge is 0.469 e. The molecule has 77 valence electrons. The van der Waals surface area contributed by atoms with Crippen LogP contribution in [0, 0.1) is 6.92 Å². The highest BCUT2D eigenvalue weighted by molar-refractivity contribution is 6.41. The van der Waals surface area contributed by atoms with Crippen molar-refractivity contribution in [2.45, 2.75) is 0 Å². The number of rotatable bonds is 1. The Labute approximate surface area is 103 Å². The number of halogens is 3. The van der Waals surface area contributed by atoms with Crippen molar-refractivity contribution in [1.29, 1.82) is 0 Å². The van der Waals surface area contributed by atoms with Crippen molar-refractivity contribution >= 4 is 34.8 Å². The van der Waals surface area contributed by atoms with Crippen LogP contribution in [0.2, 0.25) is 15.1 Å². The zero-order valence-corrected chi connectivity index (χ0v) is 9.83. The van der Waals surface area contributed by atoms with Crippen LogP contribution in [0.3, 0.4) is 0 Å². The van der Waals surface area contributed by atoms with Crippen LogP contribution in [0.4, 0.5) is 0 Å². The Kier molecular flexibility index (Phi) is 2.96. The van der Waals surface area contributed by atoms with Crippen molar-refractivity contribution in [3.05, 3.63) is 52.2 Å². The van der Waals surface area contributed by atoms with Gasteiger partial charge >= 0.3 is 0 Å². The number of hydrogen-bond acceptors (Lipinski definition) is 1. The van der Waals surface area contributed by atoms with Crippen molar-refractivity contribution in [1.82, 2.24) is 0 Å². The highest BCUT2D eigenvalue weighted by atomic mass is 35.5. The molecule has 0 bridgehead atoms. The van der Waals surface area contributed by atoms with Crippen LogP contribution in [0.25, 0.3) is 11.1 Å². The van der Waals surface area contributed by atoms with Crippen LogP contribution < -0.4 is 0 Å². The summed E-state index contributed by atoms with van der Waals surface area (Å²) in [6.45, 7) is 3.66. The van der Waals surface area contributed by atoms with E-state index >= 15 is 0 Å². The predicted molar refractivity (Wildman–Crippen MR) is 63.6 cm³/mol. The van der Waals surface area contributed by atoms with Crippen LogP contribution in [0.15, 0.2) is 28.9 Å². The molecule has 1 radical (unpaired) electrons. The summed E-state index contributed by atoms with van der Waals surface area (Å²) in [6.07, 6.45) is 1.56. The summed E-state index contributed by atoms with van der Waals surface area (Å²) in [6, 6.07) is 5.04. The minimum absolute atomic E-state index is 0.494. The molecule has 0 N–H and O–H groups in total. The lowest BCUT2D eigenvalue weighted by Crippen LogP contribution is -1.79. The average Bonchev–Trinajstić information content (AvgIpc) is 2.49. The Hall–Kier alpha value is -0.630. The first-order valence-corrected chi connectivity index (χ1v) is 5.26. The van der Waals surface area contributed by atoms with E-state index in [0.29, 0.717) is 26.4 Å². The lowest BCUT2D eigenvalue weighted by molar-refractivity contribution is 0.549. The zero-order chi connectivity index (χ0) is 11.0. The second-order valence-electron chi connectivity index (χ2n) is 3.05. The first-order chi connectivity index (χ1) is 7.08. The topological polar surface area (TPSA) is 13.1 Å². The normalized spacial score (nSPS) is 10.7. The summed E-state index contributed by atoms with van der Waals surface area (Å²) in [5.74, 6) is 0.562. The Morgan fingerprint density at radius 3 is 2.07 bits per heavy atom. The maximum Gasteiger partial charge on any atom is 0.104 e. The summed E-state index contributed by atoms with van der Waals surface area (Å²) in [7, 11) is 0. The van der Waals surface area contributed by atoms with Gasteiger partial charge in [0.25, 0.3) is 0 Å². The molecule has 0 atom stereocenters. The van der Waals surface area contributed by atoms with E-state index < -0.39 is 0 Å². The molecule has 0 aliphatic carbocycles. The SMILES string of the molecule is [CH2]c1cc(-c2c(Cl)cc(Cl)cc2Cl)co1. The summed E-state index contributed by atoms with van der Waals surface area (Å²) < 4.78 is 5.10. The minimum atomic E-state index is 0.494. The monoisotopic (exact) mass is 259 g/mol. The van der Waals surface area contributed by atoms with Gasteiger partial charge in [0.05, 0.1) is 16.3 Å². The van der Waals surface area contributed by atoms with E-state index in [1.54, 1.807) is 24.5 Å². The molecule has 1 aromatic carbocycles. The molecule has 1 aromatic heterocycles.